The minimum absolute atomic E-state index is 0.0655. The molecule has 0 saturated carbocycles. The van der Waals surface area contributed by atoms with Crippen LogP contribution < -0.4 is 10.9 Å². The molecule has 0 spiro atoms. The molecular weight excluding hydrogens is 452 g/mol. The van der Waals surface area contributed by atoms with Crippen molar-refractivity contribution in [3.8, 4) is 10.4 Å². The Morgan fingerprint density at radius 2 is 2.06 bits per heavy atom. The third-order valence-corrected chi connectivity index (χ3v) is 6.77. The third kappa shape index (κ3) is 4.71. The molecule has 0 bridgehead atoms. The van der Waals surface area contributed by atoms with Crippen molar-refractivity contribution in [3.63, 3.8) is 0 Å². The molecule has 3 aromatic heterocycles. The Balaban J connectivity index is 1.62. The molecular formula is C22H17ClN4O2S2. The van der Waals surface area contributed by atoms with E-state index in [0.29, 0.717) is 27.6 Å². The van der Waals surface area contributed by atoms with Gasteiger partial charge < -0.3 is 5.32 Å². The first-order chi connectivity index (χ1) is 15.1. The Hall–Kier alpha value is -2.94. The molecule has 6 nitrogen and oxygen atoms in total. The van der Waals surface area contributed by atoms with E-state index in [1.165, 1.54) is 27.7 Å². The molecule has 0 aliphatic rings. The minimum atomic E-state index is -0.269. The van der Waals surface area contributed by atoms with Crippen LogP contribution in [0.1, 0.15) is 0 Å². The Morgan fingerprint density at radius 1 is 1.26 bits per heavy atom. The maximum Gasteiger partial charge on any atom is 0.272 e. The molecule has 0 aliphatic carbocycles. The van der Waals surface area contributed by atoms with Gasteiger partial charge in [-0.3, -0.25) is 14.2 Å². The van der Waals surface area contributed by atoms with Crippen molar-refractivity contribution in [1.82, 2.24) is 14.5 Å². The number of rotatable bonds is 7. The predicted molar refractivity (Wildman–Crippen MR) is 128 cm³/mol. The number of thioether (sulfide) groups is 1. The standard InChI is InChI=1S/C22H17ClN4O2S2/c1-2-11-27-21(29)19-16(12-17(31-19)14-7-4-3-5-8-14)26-22(27)30-13-18(28)25-15-9-6-10-24-20(15)23/h2-10,12H,1,11,13H2,(H,25,28). The van der Waals surface area contributed by atoms with E-state index in [4.69, 9.17) is 11.6 Å². The molecule has 1 amide bonds. The maximum absolute atomic E-state index is 13.1. The van der Waals surface area contributed by atoms with Gasteiger partial charge in [0.1, 0.15) is 4.70 Å². The molecule has 0 atom stereocenters. The van der Waals surface area contributed by atoms with Crippen LogP contribution in [-0.4, -0.2) is 26.2 Å². The number of pyridine rings is 1. The van der Waals surface area contributed by atoms with Gasteiger partial charge in [-0.15, -0.1) is 17.9 Å². The zero-order valence-electron chi connectivity index (χ0n) is 16.2. The first-order valence-electron chi connectivity index (χ1n) is 9.30. The number of thiophene rings is 1. The van der Waals surface area contributed by atoms with Crippen LogP contribution in [0, 0.1) is 0 Å². The van der Waals surface area contributed by atoms with Crippen LogP contribution in [0.4, 0.5) is 5.69 Å². The number of aromatic nitrogens is 3. The number of amides is 1. The van der Waals surface area contributed by atoms with Crippen molar-refractivity contribution in [3.05, 3.63) is 82.9 Å². The first kappa shape index (κ1) is 21.3. The van der Waals surface area contributed by atoms with Crippen LogP contribution in [0.5, 0.6) is 0 Å². The quantitative estimate of drug-likeness (QED) is 0.177. The van der Waals surface area contributed by atoms with E-state index >= 15 is 0 Å². The summed E-state index contributed by atoms with van der Waals surface area (Å²) in [6.45, 7) is 4.04. The van der Waals surface area contributed by atoms with E-state index in [-0.39, 0.29) is 22.4 Å². The second-order valence-corrected chi connectivity index (χ2v) is 8.82. The van der Waals surface area contributed by atoms with Crippen LogP contribution in [0.2, 0.25) is 5.15 Å². The summed E-state index contributed by atoms with van der Waals surface area (Å²) in [6.07, 6.45) is 3.19. The number of carbonyl (C=O) groups excluding carboxylic acids is 1. The number of carbonyl (C=O) groups is 1. The fourth-order valence-corrected chi connectivity index (χ4v) is 4.96. The number of fused-ring (bicyclic) bond motifs is 1. The van der Waals surface area contributed by atoms with E-state index in [1.54, 1.807) is 24.4 Å². The fourth-order valence-electron chi connectivity index (χ4n) is 2.93. The van der Waals surface area contributed by atoms with E-state index in [2.05, 4.69) is 21.9 Å². The number of allylic oxidation sites excluding steroid dienone is 1. The lowest BCUT2D eigenvalue weighted by atomic mass is 10.2. The molecule has 0 saturated heterocycles. The summed E-state index contributed by atoms with van der Waals surface area (Å²) in [7, 11) is 0. The van der Waals surface area contributed by atoms with Crippen LogP contribution in [0.25, 0.3) is 20.7 Å². The van der Waals surface area contributed by atoms with Gasteiger partial charge in [-0.2, -0.15) is 0 Å². The van der Waals surface area contributed by atoms with Crippen molar-refractivity contribution >= 4 is 56.5 Å². The van der Waals surface area contributed by atoms with Crippen LogP contribution in [-0.2, 0) is 11.3 Å². The Kier molecular flexibility index (Phi) is 6.50. The van der Waals surface area contributed by atoms with Gasteiger partial charge in [0.05, 0.1) is 17.0 Å². The molecule has 156 valence electrons. The summed E-state index contributed by atoms with van der Waals surface area (Å²) in [4.78, 5) is 35.1. The van der Waals surface area contributed by atoms with Gasteiger partial charge in [0.2, 0.25) is 5.91 Å². The second-order valence-electron chi connectivity index (χ2n) is 6.47. The van der Waals surface area contributed by atoms with Gasteiger partial charge in [-0.25, -0.2) is 9.97 Å². The molecule has 0 radical (unpaired) electrons. The van der Waals surface area contributed by atoms with Crippen molar-refractivity contribution in [1.29, 1.82) is 0 Å². The number of hydrogen-bond acceptors (Lipinski definition) is 6. The highest BCUT2D eigenvalue weighted by Crippen LogP contribution is 2.32. The molecule has 1 N–H and O–H groups in total. The first-order valence-corrected chi connectivity index (χ1v) is 11.5. The van der Waals surface area contributed by atoms with Crippen LogP contribution in [0.3, 0.4) is 0 Å². The summed E-state index contributed by atoms with van der Waals surface area (Å²) >= 11 is 8.59. The van der Waals surface area contributed by atoms with Gasteiger partial charge in [0, 0.05) is 17.6 Å². The highest BCUT2D eigenvalue weighted by molar-refractivity contribution is 7.99. The second kappa shape index (κ2) is 9.47. The lowest BCUT2D eigenvalue weighted by Gasteiger charge is -2.10. The highest BCUT2D eigenvalue weighted by Gasteiger charge is 2.16. The molecule has 9 heteroatoms. The highest BCUT2D eigenvalue weighted by atomic mass is 35.5. The molecule has 0 aliphatic heterocycles. The van der Waals surface area contributed by atoms with Gasteiger partial charge in [-0.05, 0) is 23.8 Å². The number of anilines is 1. The zero-order valence-corrected chi connectivity index (χ0v) is 18.6. The molecule has 31 heavy (non-hydrogen) atoms. The summed E-state index contributed by atoms with van der Waals surface area (Å²) < 4.78 is 2.12. The van der Waals surface area contributed by atoms with Crippen molar-refractivity contribution < 1.29 is 4.79 Å². The van der Waals surface area contributed by atoms with Gasteiger partial charge in [-0.1, -0.05) is 59.8 Å². The number of benzene rings is 1. The van der Waals surface area contributed by atoms with Crippen LogP contribution >= 0.6 is 34.7 Å². The van der Waals surface area contributed by atoms with Crippen LogP contribution in [0.15, 0.2) is 77.3 Å². The maximum atomic E-state index is 13.1. The van der Waals surface area contributed by atoms with E-state index in [1.807, 2.05) is 36.4 Å². The number of nitrogens with zero attached hydrogens (tertiary/aromatic N) is 3. The smallest absolute Gasteiger partial charge is 0.272 e. The van der Waals surface area contributed by atoms with E-state index in [9.17, 15) is 9.59 Å². The fraction of sp³-hybridized carbons (Fsp3) is 0.0909. The number of halogens is 1. The summed E-state index contributed by atoms with van der Waals surface area (Å²) in [5.74, 6) is -0.203. The minimum Gasteiger partial charge on any atom is -0.323 e. The Morgan fingerprint density at radius 3 is 2.81 bits per heavy atom. The normalized spacial score (nSPS) is 10.9. The molecule has 1 aromatic carbocycles. The Labute approximate surface area is 191 Å². The Bertz CT molecular complexity index is 1320. The van der Waals surface area contributed by atoms with Crippen molar-refractivity contribution in [2.45, 2.75) is 11.7 Å². The average molecular weight is 469 g/mol. The van der Waals surface area contributed by atoms with Crippen molar-refractivity contribution in [2.24, 2.45) is 0 Å². The van der Waals surface area contributed by atoms with Gasteiger partial charge in [0.15, 0.2) is 10.3 Å². The third-order valence-electron chi connectivity index (χ3n) is 4.33. The van der Waals surface area contributed by atoms with Crippen molar-refractivity contribution in [2.75, 3.05) is 11.1 Å². The SMILES string of the molecule is C=CCn1c(SCC(=O)Nc2cccnc2Cl)nc2cc(-c3ccccc3)sc2c1=O. The molecule has 0 fully saturated rings. The average Bonchev–Trinajstić information content (AvgIpc) is 3.21. The summed E-state index contributed by atoms with van der Waals surface area (Å²) in [5.41, 5.74) is 1.94. The number of hydrogen-bond donors (Lipinski definition) is 1. The van der Waals surface area contributed by atoms with Gasteiger partial charge in [0.25, 0.3) is 5.56 Å². The molecule has 4 aromatic rings. The molecule has 0 unspecified atom stereocenters. The summed E-state index contributed by atoms with van der Waals surface area (Å²) in [5, 5.41) is 3.40. The topological polar surface area (TPSA) is 76.9 Å². The van der Waals surface area contributed by atoms with E-state index in [0.717, 1.165) is 10.4 Å². The number of nitrogens with one attached hydrogen (secondary N) is 1. The summed E-state index contributed by atoms with van der Waals surface area (Å²) in [6, 6.07) is 15.1. The lowest BCUT2D eigenvalue weighted by molar-refractivity contribution is -0.113. The predicted octanol–water partition coefficient (Wildman–Crippen LogP) is 5.09. The monoisotopic (exact) mass is 468 g/mol. The zero-order chi connectivity index (χ0) is 21.8. The lowest BCUT2D eigenvalue weighted by Crippen LogP contribution is -2.23. The molecule has 3 heterocycles. The van der Waals surface area contributed by atoms with E-state index < -0.39 is 0 Å². The van der Waals surface area contributed by atoms with Gasteiger partial charge >= 0.3 is 0 Å². The molecule has 4 rings (SSSR count). The largest absolute Gasteiger partial charge is 0.323 e.